The molecule has 0 saturated heterocycles. The summed E-state index contributed by atoms with van der Waals surface area (Å²) >= 11 is 0. The van der Waals surface area contributed by atoms with Crippen molar-refractivity contribution < 1.29 is 29.2 Å². The highest BCUT2D eigenvalue weighted by molar-refractivity contribution is 5.10. The first-order chi connectivity index (χ1) is 10.7. The highest BCUT2D eigenvalue weighted by atomic mass is 16.7. The highest BCUT2D eigenvalue weighted by Crippen LogP contribution is 2.18. The van der Waals surface area contributed by atoms with Crippen LogP contribution in [0.25, 0.3) is 0 Å². The van der Waals surface area contributed by atoms with Gasteiger partial charge in [-0.05, 0) is 0 Å². The lowest BCUT2D eigenvalue weighted by Gasteiger charge is -2.20. The molecule has 2 aliphatic heterocycles. The molecule has 6 atom stereocenters. The Hall–Kier alpha value is -1.28. The molecule has 0 aliphatic carbocycles. The molecular formula is C16H22O6. The van der Waals surface area contributed by atoms with Crippen LogP contribution < -0.4 is 0 Å². The number of hydrogen-bond donors (Lipinski definition) is 2. The van der Waals surface area contributed by atoms with Crippen LogP contribution in [0, 0.1) is 0 Å². The zero-order valence-corrected chi connectivity index (χ0v) is 12.3. The van der Waals surface area contributed by atoms with Gasteiger partial charge in [-0.3, -0.25) is 0 Å². The third kappa shape index (κ3) is 4.36. The fourth-order valence-electron chi connectivity index (χ4n) is 2.15. The second-order valence-corrected chi connectivity index (χ2v) is 4.98. The summed E-state index contributed by atoms with van der Waals surface area (Å²) in [7, 11) is 0. The van der Waals surface area contributed by atoms with Gasteiger partial charge in [0, 0.05) is 0 Å². The number of hydrogen-bond acceptors (Lipinski definition) is 6. The minimum absolute atomic E-state index is 0.0283. The summed E-state index contributed by atoms with van der Waals surface area (Å²) in [5, 5.41) is 19.4. The molecule has 2 N–H and O–H groups in total. The molecule has 0 aromatic heterocycles. The van der Waals surface area contributed by atoms with Crippen LogP contribution in [0.3, 0.4) is 0 Å². The second kappa shape index (κ2) is 8.38. The fraction of sp³-hybridized carbons (Fsp3) is 0.500. The first kappa shape index (κ1) is 17.1. The summed E-state index contributed by atoms with van der Waals surface area (Å²) in [6.07, 6.45) is 6.51. The molecule has 0 aromatic rings. The molecule has 0 bridgehead atoms. The first-order valence-electron chi connectivity index (χ1n) is 7.10. The zero-order chi connectivity index (χ0) is 15.9. The largest absolute Gasteiger partial charge is 0.386 e. The lowest BCUT2D eigenvalue weighted by molar-refractivity contribution is -0.155. The minimum atomic E-state index is -0.792. The van der Waals surface area contributed by atoms with E-state index in [9.17, 15) is 10.2 Å². The number of rotatable bonds is 5. The lowest BCUT2D eigenvalue weighted by atomic mass is 10.1. The van der Waals surface area contributed by atoms with E-state index in [1.54, 1.807) is 24.3 Å². The summed E-state index contributed by atoms with van der Waals surface area (Å²) in [5.41, 5.74) is 0. The molecule has 0 saturated carbocycles. The van der Waals surface area contributed by atoms with Crippen molar-refractivity contribution in [3.8, 4) is 0 Å². The van der Waals surface area contributed by atoms with Gasteiger partial charge in [-0.2, -0.15) is 0 Å². The van der Waals surface area contributed by atoms with Crippen molar-refractivity contribution in [2.45, 2.75) is 36.6 Å². The Morgan fingerprint density at radius 1 is 0.773 bits per heavy atom. The van der Waals surface area contributed by atoms with Crippen molar-refractivity contribution in [2.24, 2.45) is 0 Å². The molecule has 122 valence electrons. The Balaban J connectivity index is 2.01. The molecule has 0 spiro atoms. The monoisotopic (exact) mass is 310 g/mol. The Morgan fingerprint density at radius 3 is 1.55 bits per heavy atom. The predicted octanol–water partition coefficient (Wildman–Crippen LogP) is 0.676. The van der Waals surface area contributed by atoms with E-state index < -0.39 is 24.4 Å². The van der Waals surface area contributed by atoms with Crippen molar-refractivity contribution in [3.63, 3.8) is 0 Å². The van der Waals surface area contributed by atoms with Crippen LogP contribution in [0.4, 0.5) is 0 Å². The van der Waals surface area contributed by atoms with Gasteiger partial charge in [0.15, 0.2) is 0 Å². The van der Waals surface area contributed by atoms with E-state index in [2.05, 4.69) is 13.2 Å². The van der Waals surface area contributed by atoms with Crippen LogP contribution in [-0.4, -0.2) is 60.4 Å². The van der Waals surface area contributed by atoms with Gasteiger partial charge < -0.3 is 29.2 Å². The summed E-state index contributed by atoms with van der Waals surface area (Å²) in [6.45, 7) is 7.12. The second-order valence-electron chi connectivity index (χ2n) is 4.98. The maximum atomic E-state index is 9.72. The van der Waals surface area contributed by atoms with Crippen LogP contribution in [0.1, 0.15) is 0 Å². The van der Waals surface area contributed by atoms with Gasteiger partial charge in [0.05, 0.1) is 0 Å². The predicted molar refractivity (Wildman–Crippen MR) is 79.9 cm³/mol. The van der Waals surface area contributed by atoms with E-state index in [1.807, 2.05) is 0 Å². The Kier molecular flexibility index (Phi) is 6.50. The quantitative estimate of drug-likeness (QED) is 0.727. The van der Waals surface area contributed by atoms with Crippen LogP contribution in [0.2, 0.25) is 0 Å². The van der Waals surface area contributed by atoms with Crippen LogP contribution in [0.15, 0.2) is 49.6 Å². The molecule has 0 unspecified atom stereocenters. The number of ether oxygens (including phenoxy) is 4. The van der Waals surface area contributed by atoms with Gasteiger partial charge >= 0.3 is 0 Å². The van der Waals surface area contributed by atoms with Gasteiger partial charge in [0.25, 0.3) is 0 Å². The zero-order valence-electron chi connectivity index (χ0n) is 12.3. The Labute approximate surface area is 129 Å². The lowest BCUT2D eigenvalue weighted by Crippen LogP contribution is -2.29. The third-order valence-electron chi connectivity index (χ3n) is 3.50. The molecule has 6 heteroatoms. The SMILES string of the molecule is C=C[C@@H](O)[C@H]1C=C[C@H]([C@H]2C=C[C@H]([C@H](O)C=C)OCO2)OCO1. The van der Waals surface area contributed by atoms with E-state index in [4.69, 9.17) is 18.9 Å². The summed E-state index contributed by atoms with van der Waals surface area (Å²) in [4.78, 5) is 0. The molecule has 0 radical (unpaired) electrons. The topological polar surface area (TPSA) is 77.4 Å². The van der Waals surface area contributed by atoms with Crippen molar-refractivity contribution in [1.82, 2.24) is 0 Å². The Morgan fingerprint density at radius 2 is 1.18 bits per heavy atom. The van der Waals surface area contributed by atoms with Gasteiger partial charge in [-0.25, -0.2) is 0 Å². The van der Waals surface area contributed by atoms with E-state index in [0.717, 1.165) is 0 Å². The maximum Gasteiger partial charge on any atom is 0.148 e. The van der Waals surface area contributed by atoms with Gasteiger partial charge in [-0.1, -0.05) is 36.5 Å². The van der Waals surface area contributed by atoms with Crippen LogP contribution >= 0.6 is 0 Å². The molecular weight excluding hydrogens is 288 g/mol. The molecule has 0 fully saturated rings. The summed E-state index contributed by atoms with van der Waals surface area (Å²) < 4.78 is 21.9. The molecule has 0 amide bonds. The Bertz CT molecular complexity index is 392. The van der Waals surface area contributed by atoms with Crippen molar-refractivity contribution in [1.29, 1.82) is 0 Å². The van der Waals surface area contributed by atoms with Crippen molar-refractivity contribution in [3.05, 3.63) is 49.6 Å². The van der Waals surface area contributed by atoms with Gasteiger partial charge in [0.1, 0.15) is 50.2 Å². The number of aliphatic hydroxyl groups excluding tert-OH is 2. The van der Waals surface area contributed by atoms with Crippen molar-refractivity contribution in [2.75, 3.05) is 13.6 Å². The fourth-order valence-corrected chi connectivity index (χ4v) is 2.15. The van der Waals surface area contributed by atoms with Gasteiger partial charge in [0.2, 0.25) is 0 Å². The standard InChI is InChI=1S/C16H22O6/c1-3-11(17)13-5-7-15(21-9-19-13)16-8-6-14(12(18)4-2)20-10-22-16/h3-8,11-18H,1-2,9-10H2/t11-,12-,13-,14-,15-,16-/m1/s1. The van der Waals surface area contributed by atoms with Gasteiger partial charge in [-0.15, -0.1) is 13.2 Å². The average molecular weight is 310 g/mol. The molecule has 2 rings (SSSR count). The van der Waals surface area contributed by atoms with E-state index in [1.165, 1.54) is 12.2 Å². The molecule has 0 aromatic carbocycles. The highest BCUT2D eigenvalue weighted by Gasteiger charge is 2.27. The van der Waals surface area contributed by atoms with E-state index in [0.29, 0.717) is 0 Å². The van der Waals surface area contributed by atoms with E-state index >= 15 is 0 Å². The average Bonchev–Trinajstić information content (AvgIpc) is 2.93. The first-order valence-corrected chi connectivity index (χ1v) is 7.10. The maximum absolute atomic E-state index is 9.72. The third-order valence-corrected chi connectivity index (χ3v) is 3.50. The number of aliphatic hydroxyl groups is 2. The molecule has 2 aliphatic rings. The molecule has 6 nitrogen and oxygen atoms in total. The summed E-state index contributed by atoms with van der Waals surface area (Å²) in [6, 6.07) is 0. The van der Waals surface area contributed by atoms with Crippen molar-refractivity contribution >= 4 is 0 Å². The summed E-state index contributed by atoms with van der Waals surface area (Å²) in [5.74, 6) is 0. The minimum Gasteiger partial charge on any atom is -0.386 e. The smallest absolute Gasteiger partial charge is 0.148 e. The normalized spacial score (nSPS) is 35.2. The molecule has 2 heterocycles. The van der Waals surface area contributed by atoms with Crippen LogP contribution in [0.5, 0.6) is 0 Å². The van der Waals surface area contributed by atoms with E-state index in [-0.39, 0.29) is 25.8 Å². The van der Waals surface area contributed by atoms with Crippen LogP contribution in [-0.2, 0) is 18.9 Å². The molecule has 22 heavy (non-hydrogen) atoms.